The van der Waals surface area contributed by atoms with Gasteiger partial charge in [-0.2, -0.15) is 0 Å². The molecule has 1 rings (SSSR count). The van der Waals surface area contributed by atoms with Crippen LogP contribution in [0.3, 0.4) is 0 Å². The third-order valence-electron chi connectivity index (χ3n) is 1.97. The summed E-state index contributed by atoms with van der Waals surface area (Å²) in [7, 11) is 3.25. The van der Waals surface area contributed by atoms with Crippen molar-refractivity contribution >= 4 is 11.7 Å². The number of primary amides is 1. The van der Waals surface area contributed by atoms with Crippen LogP contribution in [0.15, 0.2) is 18.2 Å². The smallest absolute Gasteiger partial charge is 0.251 e. The molecule has 3 N–H and O–H groups in total. The summed E-state index contributed by atoms with van der Waals surface area (Å²) in [6.07, 6.45) is 0. The Hall–Kier alpha value is -1.91. The highest BCUT2D eigenvalue weighted by molar-refractivity contribution is 6.00. The first kappa shape index (κ1) is 11.2. The predicted molar refractivity (Wildman–Crippen MR) is 55.4 cm³/mol. The molecule has 0 spiro atoms. The Labute approximate surface area is 87.0 Å². The lowest BCUT2D eigenvalue weighted by molar-refractivity contribution is 0.0996. The highest BCUT2D eigenvalue weighted by atomic mass is 19.1. The van der Waals surface area contributed by atoms with Crippen LogP contribution >= 0.6 is 0 Å². The van der Waals surface area contributed by atoms with Crippen molar-refractivity contribution in [1.29, 1.82) is 5.41 Å². The van der Waals surface area contributed by atoms with E-state index in [1.54, 1.807) is 14.1 Å². The molecule has 0 saturated carbocycles. The molecule has 0 bridgehead atoms. The zero-order valence-electron chi connectivity index (χ0n) is 8.54. The molecule has 15 heavy (non-hydrogen) atoms. The zero-order valence-corrected chi connectivity index (χ0v) is 8.54. The molecule has 0 aliphatic heterocycles. The van der Waals surface area contributed by atoms with Crippen molar-refractivity contribution in [3.8, 4) is 0 Å². The van der Waals surface area contributed by atoms with Gasteiger partial charge in [-0.1, -0.05) is 6.07 Å². The summed E-state index contributed by atoms with van der Waals surface area (Å²) in [4.78, 5) is 12.3. The molecular weight excluding hydrogens is 197 g/mol. The predicted octanol–water partition coefficient (Wildman–Crippen LogP) is 0.812. The summed E-state index contributed by atoms with van der Waals surface area (Å²) in [5, 5.41) is 7.60. The van der Waals surface area contributed by atoms with Crippen molar-refractivity contribution in [1.82, 2.24) is 4.90 Å². The molecule has 0 radical (unpaired) electrons. The molecule has 0 saturated heterocycles. The summed E-state index contributed by atoms with van der Waals surface area (Å²) >= 11 is 0. The van der Waals surface area contributed by atoms with E-state index in [0.717, 1.165) is 0 Å². The second kappa shape index (κ2) is 4.08. The van der Waals surface area contributed by atoms with E-state index in [1.807, 2.05) is 0 Å². The number of benzene rings is 1. The van der Waals surface area contributed by atoms with Gasteiger partial charge in [-0.05, 0) is 12.1 Å². The molecule has 0 heterocycles. The maximum Gasteiger partial charge on any atom is 0.251 e. The quantitative estimate of drug-likeness (QED) is 0.559. The fourth-order valence-corrected chi connectivity index (χ4v) is 1.15. The minimum Gasteiger partial charge on any atom is -0.366 e. The van der Waals surface area contributed by atoms with Gasteiger partial charge < -0.3 is 10.6 Å². The molecule has 1 amide bonds. The van der Waals surface area contributed by atoms with Gasteiger partial charge in [-0.3, -0.25) is 10.2 Å². The van der Waals surface area contributed by atoms with Crippen LogP contribution in [0.25, 0.3) is 0 Å². The molecule has 0 aromatic heterocycles. The lowest BCUT2D eigenvalue weighted by Gasteiger charge is -2.14. The minimum atomic E-state index is -0.832. The summed E-state index contributed by atoms with van der Waals surface area (Å²) in [5.41, 5.74) is 4.87. The molecule has 0 unspecified atom stereocenters. The van der Waals surface area contributed by atoms with Crippen LogP contribution in [-0.4, -0.2) is 30.7 Å². The van der Waals surface area contributed by atoms with Crippen molar-refractivity contribution in [2.75, 3.05) is 14.1 Å². The molecule has 0 atom stereocenters. The average Bonchev–Trinajstić information content (AvgIpc) is 2.16. The van der Waals surface area contributed by atoms with Crippen molar-refractivity contribution < 1.29 is 9.18 Å². The second-order valence-electron chi connectivity index (χ2n) is 3.27. The van der Waals surface area contributed by atoms with E-state index >= 15 is 0 Å². The third kappa shape index (κ3) is 2.12. The number of nitrogens with one attached hydrogen (secondary N) is 1. The number of hydrogen-bond acceptors (Lipinski definition) is 2. The largest absolute Gasteiger partial charge is 0.366 e. The number of halogens is 1. The molecular formula is C10H12FN3O. The van der Waals surface area contributed by atoms with E-state index in [2.05, 4.69) is 0 Å². The lowest BCUT2D eigenvalue weighted by atomic mass is 10.1. The monoisotopic (exact) mass is 209 g/mol. The number of amidine groups is 1. The normalized spacial score (nSPS) is 9.80. The molecule has 0 aliphatic carbocycles. The van der Waals surface area contributed by atoms with Crippen LogP contribution < -0.4 is 5.73 Å². The molecule has 5 heteroatoms. The number of amides is 1. The van der Waals surface area contributed by atoms with E-state index in [-0.39, 0.29) is 17.0 Å². The molecule has 0 aliphatic rings. The minimum absolute atomic E-state index is 0.00407. The Morgan fingerprint density at radius 3 is 2.40 bits per heavy atom. The van der Waals surface area contributed by atoms with Crippen molar-refractivity contribution in [3.63, 3.8) is 0 Å². The van der Waals surface area contributed by atoms with Crippen molar-refractivity contribution in [3.05, 3.63) is 35.1 Å². The van der Waals surface area contributed by atoms with Crippen LogP contribution in [-0.2, 0) is 0 Å². The van der Waals surface area contributed by atoms with Gasteiger partial charge in [0.25, 0.3) is 5.91 Å². The van der Waals surface area contributed by atoms with Crippen LogP contribution in [0.1, 0.15) is 15.9 Å². The van der Waals surface area contributed by atoms with Gasteiger partial charge in [0.1, 0.15) is 11.7 Å². The number of rotatable bonds is 2. The summed E-state index contributed by atoms with van der Waals surface area (Å²) in [6.45, 7) is 0. The Morgan fingerprint density at radius 2 is 1.93 bits per heavy atom. The van der Waals surface area contributed by atoms with Crippen LogP contribution in [0.5, 0.6) is 0 Å². The number of hydrogen-bond donors (Lipinski definition) is 2. The van der Waals surface area contributed by atoms with Gasteiger partial charge in [-0.25, -0.2) is 4.39 Å². The van der Waals surface area contributed by atoms with E-state index in [4.69, 9.17) is 11.1 Å². The second-order valence-corrected chi connectivity index (χ2v) is 3.27. The molecule has 80 valence electrons. The van der Waals surface area contributed by atoms with E-state index < -0.39 is 11.7 Å². The number of nitrogens with zero attached hydrogens (tertiary/aromatic N) is 1. The van der Waals surface area contributed by atoms with Crippen LogP contribution in [0.4, 0.5) is 4.39 Å². The van der Waals surface area contributed by atoms with Crippen LogP contribution in [0, 0.1) is 11.2 Å². The first-order valence-corrected chi connectivity index (χ1v) is 4.29. The summed E-state index contributed by atoms with van der Waals surface area (Å²) < 4.78 is 13.7. The number of nitrogens with two attached hydrogens (primary N) is 1. The molecule has 0 fully saturated rings. The van der Waals surface area contributed by atoms with E-state index in [0.29, 0.717) is 0 Å². The SMILES string of the molecule is CN(C)C(=N)c1cccc(C(N)=O)c1F. The third-order valence-corrected chi connectivity index (χ3v) is 1.97. The standard InChI is InChI=1S/C10H12FN3O/c1-14(2)9(12)6-4-3-5-7(8(6)11)10(13)15/h3-5,12H,1-2H3,(H2,13,15). The molecule has 1 aromatic carbocycles. The lowest BCUT2D eigenvalue weighted by Crippen LogP contribution is -2.24. The Morgan fingerprint density at radius 1 is 1.40 bits per heavy atom. The maximum atomic E-state index is 13.7. The van der Waals surface area contributed by atoms with E-state index in [1.165, 1.54) is 23.1 Å². The fraction of sp³-hybridized carbons (Fsp3) is 0.200. The molecule has 4 nitrogen and oxygen atoms in total. The van der Waals surface area contributed by atoms with Gasteiger partial charge in [0.15, 0.2) is 0 Å². The topological polar surface area (TPSA) is 70.2 Å². The van der Waals surface area contributed by atoms with Crippen molar-refractivity contribution in [2.45, 2.75) is 0 Å². The first-order chi connectivity index (χ1) is 6.95. The number of carbonyl (C=O) groups is 1. The first-order valence-electron chi connectivity index (χ1n) is 4.29. The van der Waals surface area contributed by atoms with Gasteiger partial charge in [0.2, 0.25) is 0 Å². The molecule has 1 aromatic rings. The average molecular weight is 209 g/mol. The fourth-order valence-electron chi connectivity index (χ4n) is 1.15. The van der Waals surface area contributed by atoms with Crippen molar-refractivity contribution in [2.24, 2.45) is 5.73 Å². The summed E-state index contributed by atoms with van der Waals surface area (Å²) in [5.74, 6) is -1.58. The Bertz CT molecular complexity index is 415. The maximum absolute atomic E-state index is 13.7. The van der Waals surface area contributed by atoms with Gasteiger partial charge in [-0.15, -0.1) is 0 Å². The highest BCUT2D eigenvalue weighted by Gasteiger charge is 2.15. The van der Waals surface area contributed by atoms with Gasteiger partial charge in [0, 0.05) is 14.1 Å². The zero-order chi connectivity index (χ0) is 11.6. The van der Waals surface area contributed by atoms with Crippen LogP contribution in [0.2, 0.25) is 0 Å². The van der Waals surface area contributed by atoms with E-state index in [9.17, 15) is 9.18 Å². The number of carbonyl (C=O) groups excluding carboxylic acids is 1. The van der Waals surface area contributed by atoms with Gasteiger partial charge in [0.05, 0.1) is 11.1 Å². The highest BCUT2D eigenvalue weighted by Crippen LogP contribution is 2.13. The summed E-state index contributed by atoms with van der Waals surface area (Å²) in [6, 6.07) is 4.23. The Kier molecular flexibility index (Phi) is 3.04. The van der Waals surface area contributed by atoms with Gasteiger partial charge >= 0.3 is 0 Å². The Balaban J connectivity index is 3.27.